The Balaban J connectivity index is 1.70. The zero-order valence-corrected chi connectivity index (χ0v) is 19.1. The minimum Gasteiger partial charge on any atom is -0.383 e. The first-order valence-electron chi connectivity index (χ1n) is 8.76. The molecule has 1 aromatic carbocycles. The van der Waals surface area contributed by atoms with Gasteiger partial charge in [-0.05, 0) is 36.8 Å². The Bertz CT molecular complexity index is 1000. The lowest BCUT2D eigenvalue weighted by Crippen LogP contribution is -2.17. The summed E-state index contributed by atoms with van der Waals surface area (Å²) in [6.45, 7) is 2.54. The Morgan fingerprint density at radius 1 is 1.38 bits per heavy atom. The third-order valence-corrected chi connectivity index (χ3v) is 8.17. The molecule has 0 bridgehead atoms. The van der Waals surface area contributed by atoms with E-state index in [4.69, 9.17) is 34.8 Å². The lowest BCUT2D eigenvalue weighted by molar-refractivity contribution is 0.461. The van der Waals surface area contributed by atoms with Crippen molar-refractivity contribution in [1.29, 1.82) is 0 Å². The Morgan fingerprint density at radius 2 is 2.07 bits per heavy atom. The van der Waals surface area contributed by atoms with Crippen LogP contribution in [-0.2, 0) is 10.0 Å². The summed E-state index contributed by atoms with van der Waals surface area (Å²) < 4.78 is 53.7. The molecule has 3 rings (SSSR count). The van der Waals surface area contributed by atoms with Crippen LogP contribution in [0.2, 0.25) is 5.02 Å². The number of alkyl halides is 2. The molecule has 1 unspecified atom stereocenters. The second-order valence-corrected chi connectivity index (χ2v) is 11.5. The molecule has 0 spiro atoms. The topological polar surface area (TPSA) is 71.1 Å². The molecular weight excluding hydrogens is 487 g/mol. The largest absolute Gasteiger partial charge is 0.383 e. The van der Waals surface area contributed by atoms with Crippen LogP contribution in [0.5, 0.6) is 0 Å². The fourth-order valence-corrected chi connectivity index (χ4v) is 5.64. The van der Waals surface area contributed by atoms with Gasteiger partial charge in [0.05, 0.1) is 16.9 Å². The third kappa shape index (κ3) is 5.64. The summed E-state index contributed by atoms with van der Waals surface area (Å²) in [5.74, 6) is -0.500. The molecule has 0 aliphatic heterocycles. The van der Waals surface area contributed by atoms with Crippen molar-refractivity contribution < 1.29 is 17.2 Å². The number of sulfonamides is 1. The number of aromatic nitrogens is 1. The van der Waals surface area contributed by atoms with Crippen molar-refractivity contribution >= 4 is 67.0 Å². The zero-order valence-electron chi connectivity index (χ0n) is 15.2. The zero-order chi connectivity index (χ0) is 21.4. The second-order valence-electron chi connectivity index (χ2n) is 6.89. The van der Waals surface area contributed by atoms with Crippen molar-refractivity contribution in [3.05, 3.63) is 34.3 Å². The number of rotatable bonds is 9. The van der Waals surface area contributed by atoms with Crippen LogP contribution in [0.25, 0.3) is 0 Å². The average molecular weight is 505 g/mol. The highest BCUT2D eigenvalue weighted by Crippen LogP contribution is 2.56. The van der Waals surface area contributed by atoms with E-state index in [1.165, 1.54) is 0 Å². The van der Waals surface area contributed by atoms with Gasteiger partial charge in [-0.25, -0.2) is 17.8 Å². The Labute approximate surface area is 186 Å². The van der Waals surface area contributed by atoms with E-state index in [9.17, 15) is 17.2 Å². The van der Waals surface area contributed by atoms with Gasteiger partial charge in [0.1, 0.15) is 15.0 Å². The van der Waals surface area contributed by atoms with E-state index in [-0.39, 0.29) is 27.7 Å². The smallest absolute Gasteiger partial charge is 0.266 e. The van der Waals surface area contributed by atoms with Crippen molar-refractivity contribution in [1.82, 2.24) is 4.98 Å². The van der Waals surface area contributed by atoms with Crippen LogP contribution in [0.4, 0.5) is 19.6 Å². The number of thiazole rings is 1. The van der Waals surface area contributed by atoms with Gasteiger partial charge in [-0.1, -0.05) is 36.3 Å². The lowest BCUT2D eigenvalue weighted by Gasteiger charge is -2.18. The number of anilines is 2. The van der Waals surface area contributed by atoms with Gasteiger partial charge in [0.15, 0.2) is 10.3 Å². The molecule has 1 aliphatic carbocycles. The van der Waals surface area contributed by atoms with E-state index in [0.717, 1.165) is 37.6 Å². The molecule has 12 heteroatoms. The SMILES string of the molecule is CC[C@H](CNc1cc(F)c(S(=O)(=O)Nc2ncc(F)s2)cc1Cl)CC1CC1(Cl)Cl. The normalized spacial score (nSPS) is 19.0. The predicted octanol–water partition coefficient (Wildman–Crippen LogP) is 5.90. The summed E-state index contributed by atoms with van der Waals surface area (Å²) in [4.78, 5) is 2.91. The number of nitrogens with one attached hydrogen (secondary N) is 2. The molecule has 2 aromatic rings. The molecule has 2 atom stereocenters. The predicted molar refractivity (Wildman–Crippen MR) is 114 cm³/mol. The van der Waals surface area contributed by atoms with Crippen LogP contribution in [0.15, 0.2) is 23.2 Å². The molecule has 1 fully saturated rings. The molecule has 0 radical (unpaired) electrons. The molecule has 0 amide bonds. The third-order valence-electron chi connectivity index (χ3n) is 4.74. The maximum Gasteiger partial charge on any atom is 0.266 e. The number of hydrogen-bond acceptors (Lipinski definition) is 5. The quantitative estimate of drug-likeness (QED) is 0.417. The van der Waals surface area contributed by atoms with E-state index in [1.54, 1.807) is 0 Å². The van der Waals surface area contributed by atoms with Crippen LogP contribution < -0.4 is 10.0 Å². The van der Waals surface area contributed by atoms with Crippen molar-refractivity contribution in [3.8, 4) is 0 Å². The molecule has 160 valence electrons. The van der Waals surface area contributed by atoms with Gasteiger partial charge in [-0.3, -0.25) is 4.72 Å². The highest BCUT2D eigenvalue weighted by molar-refractivity contribution is 7.93. The molecule has 2 N–H and O–H groups in total. The minimum atomic E-state index is -4.31. The summed E-state index contributed by atoms with van der Waals surface area (Å²) in [5.41, 5.74) is 0.278. The second kappa shape index (κ2) is 8.70. The molecule has 1 aliphatic rings. The van der Waals surface area contributed by atoms with Gasteiger partial charge in [-0.2, -0.15) is 4.39 Å². The Morgan fingerprint density at radius 3 is 2.62 bits per heavy atom. The van der Waals surface area contributed by atoms with Gasteiger partial charge in [0.2, 0.25) is 0 Å². The van der Waals surface area contributed by atoms with Gasteiger partial charge < -0.3 is 5.32 Å². The monoisotopic (exact) mass is 503 g/mol. The fraction of sp³-hybridized carbons (Fsp3) is 0.471. The van der Waals surface area contributed by atoms with Gasteiger partial charge in [-0.15, -0.1) is 23.2 Å². The van der Waals surface area contributed by atoms with Crippen molar-refractivity contribution in [2.24, 2.45) is 11.8 Å². The average Bonchev–Trinajstić information content (AvgIpc) is 3.02. The summed E-state index contributed by atoms with van der Waals surface area (Å²) in [6, 6.07) is 2.03. The van der Waals surface area contributed by atoms with Gasteiger partial charge in [0, 0.05) is 6.54 Å². The van der Waals surface area contributed by atoms with Crippen LogP contribution in [0.1, 0.15) is 26.2 Å². The van der Waals surface area contributed by atoms with Crippen molar-refractivity contribution in [3.63, 3.8) is 0 Å². The first kappa shape index (κ1) is 22.8. The number of benzene rings is 1. The van der Waals surface area contributed by atoms with Crippen LogP contribution >= 0.6 is 46.1 Å². The molecule has 29 heavy (non-hydrogen) atoms. The van der Waals surface area contributed by atoms with Gasteiger partial charge >= 0.3 is 0 Å². The number of nitrogens with zero attached hydrogens (tertiary/aromatic N) is 1. The van der Waals surface area contributed by atoms with E-state index in [0.29, 0.717) is 17.9 Å². The molecular formula is C17H18Cl3F2N3O2S2. The van der Waals surface area contributed by atoms with Crippen LogP contribution in [0, 0.1) is 22.8 Å². The lowest BCUT2D eigenvalue weighted by atomic mass is 9.99. The molecule has 1 heterocycles. The summed E-state index contributed by atoms with van der Waals surface area (Å²) in [6.07, 6.45) is 3.32. The summed E-state index contributed by atoms with van der Waals surface area (Å²) in [5, 5.41) is 2.23. The van der Waals surface area contributed by atoms with E-state index < -0.39 is 30.2 Å². The number of hydrogen-bond donors (Lipinski definition) is 2. The highest BCUT2D eigenvalue weighted by atomic mass is 35.5. The van der Waals surface area contributed by atoms with E-state index in [2.05, 4.69) is 10.3 Å². The van der Waals surface area contributed by atoms with Crippen LogP contribution in [0.3, 0.4) is 0 Å². The standard InChI is InChI=1S/C17H18Cl3F2N3O2S2/c1-2-9(3-10-6-17(10,19)20)7-23-13-5-12(21)14(4-11(13)18)29(26,27)25-16-24-8-15(22)28-16/h4-5,8-10,23H,2-3,6-7H2,1H3,(H,24,25)/t9-,10?/m0/s1. The van der Waals surface area contributed by atoms with E-state index in [1.807, 2.05) is 11.6 Å². The first-order valence-corrected chi connectivity index (χ1v) is 12.2. The highest BCUT2D eigenvalue weighted by Gasteiger charge is 2.51. The van der Waals surface area contributed by atoms with Crippen molar-refractivity contribution in [2.45, 2.75) is 35.4 Å². The Hall–Kier alpha value is -0.870. The summed E-state index contributed by atoms with van der Waals surface area (Å²) in [7, 11) is -4.31. The molecule has 0 saturated heterocycles. The molecule has 1 aromatic heterocycles. The first-order chi connectivity index (χ1) is 13.5. The Kier molecular flexibility index (Phi) is 6.85. The number of halogens is 5. The molecule has 5 nitrogen and oxygen atoms in total. The fourth-order valence-electron chi connectivity index (χ4n) is 2.92. The molecule has 1 saturated carbocycles. The maximum absolute atomic E-state index is 14.5. The van der Waals surface area contributed by atoms with Crippen LogP contribution in [-0.4, -0.2) is 24.3 Å². The minimum absolute atomic E-state index is 0.0439. The van der Waals surface area contributed by atoms with Gasteiger partial charge in [0.25, 0.3) is 10.0 Å². The maximum atomic E-state index is 14.5. The summed E-state index contributed by atoms with van der Waals surface area (Å²) >= 11 is 18.8. The van der Waals surface area contributed by atoms with E-state index >= 15 is 0 Å². The van der Waals surface area contributed by atoms with Crippen molar-refractivity contribution in [2.75, 3.05) is 16.6 Å².